The summed E-state index contributed by atoms with van der Waals surface area (Å²) in [6.07, 6.45) is 0. The van der Waals surface area contributed by atoms with E-state index in [2.05, 4.69) is 31.9 Å². The molecule has 0 fully saturated rings. The Balaban J connectivity index is 2.47. The van der Waals surface area contributed by atoms with Gasteiger partial charge in [-0.15, -0.1) is 11.3 Å². The number of aryl methyl sites for hydroxylation is 1. The Morgan fingerprint density at radius 2 is 2.00 bits per heavy atom. The van der Waals surface area contributed by atoms with Crippen LogP contribution in [0.2, 0.25) is 5.02 Å². The molecule has 0 spiro atoms. The van der Waals surface area contributed by atoms with Gasteiger partial charge in [0.05, 0.1) is 9.90 Å². The lowest BCUT2D eigenvalue weighted by Gasteiger charge is -2.02. The Labute approximate surface area is 125 Å². The average molecular weight is 395 g/mol. The van der Waals surface area contributed by atoms with Crippen molar-refractivity contribution in [3.05, 3.63) is 53.6 Å². The minimum absolute atomic E-state index is 0.0462. The largest absolute Gasteiger partial charge is 0.288 e. The van der Waals surface area contributed by atoms with Crippen LogP contribution >= 0.6 is 54.8 Å². The van der Waals surface area contributed by atoms with Crippen LogP contribution in [0.5, 0.6) is 0 Å². The number of benzene rings is 1. The summed E-state index contributed by atoms with van der Waals surface area (Å²) in [5, 5.41) is 0.458. The lowest BCUT2D eigenvalue weighted by molar-refractivity contribution is 0.104. The summed E-state index contributed by atoms with van der Waals surface area (Å²) in [5.74, 6) is -0.0462. The Morgan fingerprint density at radius 1 is 1.29 bits per heavy atom. The van der Waals surface area contributed by atoms with Crippen molar-refractivity contribution in [2.75, 3.05) is 0 Å². The summed E-state index contributed by atoms with van der Waals surface area (Å²) < 4.78 is 1.69. The summed E-state index contributed by atoms with van der Waals surface area (Å²) in [6, 6.07) is 7.19. The first-order valence-electron chi connectivity index (χ1n) is 4.75. The Morgan fingerprint density at radius 3 is 2.59 bits per heavy atom. The normalized spacial score (nSPS) is 10.6. The van der Waals surface area contributed by atoms with Crippen LogP contribution in [0.15, 0.2) is 33.2 Å². The van der Waals surface area contributed by atoms with Crippen molar-refractivity contribution < 1.29 is 4.79 Å². The second-order valence-electron chi connectivity index (χ2n) is 3.45. The summed E-state index contributed by atoms with van der Waals surface area (Å²) in [7, 11) is 0. The van der Waals surface area contributed by atoms with Crippen molar-refractivity contribution in [1.82, 2.24) is 0 Å². The van der Waals surface area contributed by atoms with E-state index < -0.39 is 0 Å². The molecule has 88 valence electrons. The summed E-state index contributed by atoms with van der Waals surface area (Å²) in [6.45, 7) is 1.97. The summed E-state index contributed by atoms with van der Waals surface area (Å²) in [4.78, 5) is 14.0. The molecule has 17 heavy (non-hydrogen) atoms. The first-order valence-corrected chi connectivity index (χ1v) is 7.53. The molecule has 0 bridgehead atoms. The number of rotatable bonds is 2. The SMILES string of the molecule is Cc1sc(C(=O)c2cccc(Br)c2Cl)cc1Br. The van der Waals surface area contributed by atoms with Gasteiger partial charge in [0.2, 0.25) is 5.78 Å². The monoisotopic (exact) mass is 392 g/mol. The zero-order chi connectivity index (χ0) is 12.6. The van der Waals surface area contributed by atoms with Gasteiger partial charge in [-0.05, 0) is 57.0 Å². The van der Waals surface area contributed by atoms with Gasteiger partial charge in [-0.2, -0.15) is 0 Å². The molecule has 0 saturated carbocycles. The minimum Gasteiger partial charge on any atom is -0.288 e. The Hall–Kier alpha value is -0.160. The van der Waals surface area contributed by atoms with Gasteiger partial charge in [0, 0.05) is 19.4 Å². The highest BCUT2D eigenvalue weighted by molar-refractivity contribution is 9.10. The second kappa shape index (κ2) is 5.22. The van der Waals surface area contributed by atoms with E-state index in [9.17, 15) is 4.79 Å². The highest BCUT2D eigenvalue weighted by atomic mass is 79.9. The van der Waals surface area contributed by atoms with Crippen molar-refractivity contribution in [1.29, 1.82) is 0 Å². The molecule has 0 aliphatic heterocycles. The fourth-order valence-corrected chi connectivity index (χ4v) is 3.45. The van der Waals surface area contributed by atoms with E-state index in [4.69, 9.17) is 11.6 Å². The van der Waals surface area contributed by atoms with Gasteiger partial charge >= 0.3 is 0 Å². The quantitative estimate of drug-likeness (QED) is 0.618. The van der Waals surface area contributed by atoms with E-state index in [1.165, 1.54) is 11.3 Å². The molecule has 0 N–H and O–H groups in total. The van der Waals surface area contributed by atoms with Gasteiger partial charge in [0.15, 0.2) is 0 Å². The molecule has 2 aromatic rings. The van der Waals surface area contributed by atoms with Crippen LogP contribution in [-0.4, -0.2) is 5.78 Å². The number of ketones is 1. The summed E-state index contributed by atoms with van der Waals surface area (Å²) >= 11 is 14.3. The van der Waals surface area contributed by atoms with Gasteiger partial charge in [0.1, 0.15) is 0 Å². The molecule has 0 unspecified atom stereocenters. The van der Waals surface area contributed by atoms with Crippen molar-refractivity contribution in [3.63, 3.8) is 0 Å². The predicted molar refractivity (Wildman–Crippen MR) is 79.3 cm³/mol. The molecular formula is C12H7Br2ClOS. The lowest BCUT2D eigenvalue weighted by Crippen LogP contribution is -1.99. The third kappa shape index (κ3) is 2.65. The fraction of sp³-hybridized carbons (Fsp3) is 0.0833. The van der Waals surface area contributed by atoms with Crippen molar-refractivity contribution in [3.8, 4) is 0 Å². The number of carbonyl (C=O) groups excluding carboxylic acids is 1. The topological polar surface area (TPSA) is 17.1 Å². The van der Waals surface area contributed by atoms with Gasteiger partial charge in [-0.1, -0.05) is 17.7 Å². The van der Waals surface area contributed by atoms with Crippen LogP contribution in [0.3, 0.4) is 0 Å². The van der Waals surface area contributed by atoms with E-state index >= 15 is 0 Å². The van der Waals surface area contributed by atoms with Gasteiger partial charge in [0.25, 0.3) is 0 Å². The van der Waals surface area contributed by atoms with E-state index in [1.54, 1.807) is 12.1 Å². The van der Waals surface area contributed by atoms with E-state index in [1.807, 2.05) is 19.1 Å². The third-order valence-corrected chi connectivity index (χ3v) is 5.71. The molecule has 0 radical (unpaired) electrons. The van der Waals surface area contributed by atoms with E-state index in [0.717, 1.165) is 13.8 Å². The molecule has 1 aromatic carbocycles. The third-order valence-electron chi connectivity index (χ3n) is 2.28. The molecule has 0 amide bonds. The van der Waals surface area contributed by atoms with Crippen LogP contribution in [0.25, 0.3) is 0 Å². The predicted octanol–water partition coefficient (Wildman–Crippen LogP) is 5.47. The van der Waals surface area contributed by atoms with Crippen LogP contribution in [0.4, 0.5) is 0 Å². The molecule has 0 saturated heterocycles. The highest BCUT2D eigenvalue weighted by Gasteiger charge is 2.17. The van der Waals surface area contributed by atoms with Crippen LogP contribution < -0.4 is 0 Å². The second-order valence-corrected chi connectivity index (χ2v) is 6.79. The summed E-state index contributed by atoms with van der Waals surface area (Å²) in [5.41, 5.74) is 0.523. The molecule has 0 aliphatic carbocycles. The number of thiophene rings is 1. The fourth-order valence-electron chi connectivity index (χ4n) is 1.38. The smallest absolute Gasteiger partial charge is 0.204 e. The first-order chi connectivity index (χ1) is 8.00. The average Bonchev–Trinajstić information content (AvgIpc) is 2.62. The maximum absolute atomic E-state index is 12.3. The molecule has 0 atom stereocenters. The standard InChI is InChI=1S/C12H7Br2ClOS/c1-6-9(14)5-10(17-6)12(16)7-3-2-4-8(13)11(7)15/h2-5H,1H3. The van der Waals surface area contributed by atoms with Gasteiger partial charge in [-0.3, -0.25) is 4.79 Å². The molecule has 5 heteroatoms. The zero-order valence-electron chi connectivity index (χ0n) is 8.76. The maximum atomic E-state index is 12.3. The van der Waals surface area contributed by atoms with Crippen molar-refractivity contribution in [2.45, 2.75) is 6.92 Å². The number of hydrogen-bond acceptors (Lipinski definition) is 2. The van der Waals surface area contributed by atoms with Crippen molar-refractivity contribution >= 4 is 60.6 Å². The van der Waals surface area contributed by atoms with Crippen LogP contribution in [-0.2, 0) is 0 Å². The van der Waals surface area contributed by atoms with Gasteiger partial charge < -0.3 is 0 Å². The highest BCUT2D eigenvalue weighted by Crippen LogP contribution is 2.32. The van der Waals surface area contributed by atoms with Crippen molar-refractivity contribution in [2.24, 2.45) is 0 Å². The van der Waals surface area contributed by atoms with E-state index in [-0.39, 0.29) is 5.78 Å². The molecule has 1 nitrogen and oxygen atoms in total. The van der Waals surface area contributed by atoms with Gasteiger partial charge in [-0.25, -0.2) is 0 Å². The minimum atomic E-state index is -0.0462. The van der Waals surface area contributed by atoms with Crippen LogP contribution in [0.1, 0.15) is 20.1 Å². The molecule has 2 rings (SSSR count). The molecule has 0 aliphatic rings. The van der Waals surface area contributed by atoms with E-state index in [0.29, 0.717) is 15.5 Å². The molecule has 1 heterocycles. The lowest BCUT2D eigenvalue weighted by atomic mass is 10.1. The first kappa shape index (κ1) is 13.3. The maximum Gasteiger partial charge on any atom is 0.204 e. The van der Waals surface area contributed by atoms with Crippen LogP contribution in [0, 0.1) is 6.92 Å². The number of hydrogen-bond donors (Lipinski definition) is 0. The molecular weight excluding hydrogens is 387 g/mol. The number of carbonyl (C=O) groups is 1. The zero-order valence-corrected chi connectivity index (χ0v) is 13.5. The Bertz CT molecular complexity index is 573. The molecule has 1 aromatic heterocycles. The Kier molecular flexibility index (Phi) is 4.08. The number of halogens is 3.